The molecule has 0 N–H and O–H groups in total. The SMILES string of the molecule is Cc1ccc2cccc(C(=O)[O][Tl])c2c1. The third kappa shape index (κ3) is 2.04. The van der Waals surface area contributed by atoms with Crippen molar-refractivity contribution in [3.8, 4) is 0 Å². The molecule has 0 aromatic heterocycles. The standard InChI is InChI=1S/C12H10O2.Tl/c1-8-5-6-9-3-2-4-10(12(13)14)11(9)7-8;/h2-7H,1H3,(H,13,14);/q;+1/p-1. The van der Waals surface area contributed by atoms with Crippen molar-refractivity contribution >= 4 is 43.0 Å². The zero-order chi connectivity index (χ0) is 10.8. The number of fused-ring (bicyclic) bond motifs is 1. The van der Waals surface area contributed by atoms with E-state index in [0.29, 0.717) is 5.56 Å². The van der Waals surface area contributed by atoms with Crippen LogP contribution in [0.3, 0.4) is 0 Å². The van der Waals surface area contributed by atoms with Gasteiger partial charge >= 0.3 is 105 Å². The van der Waals surface area contributed by atoms with Crippen LogP contribution in [-0.4, -0.2) is 32.2 Å². The van der Waals surface area contributed by atoms with Gasteiger partial charge in [0.1, 0.15) is 0 Å². The molecule has 0 radical (unpaired) electrons. The van der Waals surface area contributed by atoms with Crippen molar-refractivity contribution in [1.82, 2.24) is 0 Å². The summed E-state index contributed by atoms with van der Waals surface area (Å²) in [6.45, 7) is 2.02. The van der Waals surface area contributed by atoms with Gasteiger partial charge in [-0.1, -0.05) is 0 Å². The van der Waals surface area contributed by atoms with Crippen LogP contribution in [-0.2, 0) is 2.69 Å². The Labute approximate surface area is 105 Å². The van der Waals surface area contributed by atoms with E-state index in [1.807, 2.05) is 43.3 Å². The van der Waals surface area contributed by atoms with Gasteiger partial charge in [0.15, 0.2) is 0 Å². The van der Waals surface area contributed by atoms with Crippen molar-refractivity contribution in [3.05, 3.63) is 47.5 Å². The number of hydrogen-bond acceptors (Lipinski definition) is 2. The minimum atomic E-state index is -0.212. The fourth-order valence-corrected chi connectivity index (χ4v) is 2.12. The van der Waals surface area contributed by atoms with Gasteiger partial charge in [0.2, 0.25) is 0 Å². The molecule has 0 fully saturated rings. The van der Waals surface area contributed by atoms with Crippen molar-refractivity contribution in [2.24, 2.45) is 0 Å². The Hall–Kier alpha value is -0.908. The summed E-state index contributed by atoms with van der Waals surface area (Å²) >= 11 is 0.238. The second-order valence-electron chi connectivity index (χ2n) is 3.44. The van der Waals surface area contributed by atoms with Gasteiger partial charge in [0.05, 0.1) is 0 Å². The van der Waals surface area contributed by atoms with Crippen LogP contribution < -0.4 is 0 Å². The van der Waals surface area contributed by atoms with Crippen LogP contribution in [0.5, 0.6) is 0 Å². The second kappa shape index (κ2) is 4.30. The molecule has 2 aromatic carbocycles. The molecule has 0 amide bonds. The van der Waals surface area contributed by atoms with E-state index in [1.165, 1.54) is 0 Å². The van der Waals surface area contributed by atoms with Crippen molar-refractivity contribution < 1.29 is 7.48 Å². The first kappa shape index (κ1) is 10.6. The average molecular weight is 390 g/mol. The molecule has 0 heterocycles. The van der Waals surface area contributed by atoms with Crippen molar-refractivity contribution in [3.63, 3.8) is 0 Å². The first-order valence-corrected chi connectivity index (χ1v) is 6.46. The molecule has 0 bridgehead atoms. The molecule has 0 aliphatic heterocycles. The third-order valence-electron chi connectivity index (χ3n) is 2.36. The monoisotopic (exact) mass is 390 g/mol. The van der Waals surface area contributed by atoms with Gasteiger partial charge in [-0.2, -0.15) is 0 Å². The Morgan fingerprint density at radius 2 is 2.07 bits per heavy atom. The van der Waals surface area contributed by atoms with Gasteiger partial charge in [-0.25, -0.2) is 0 Å². The van der Waals surface area contributed by atoms with Crippen molar-refractivity contribution in [2.75, 3.05) is 0 Å². The third-order valence-corrected chi connectivity index (χ3v) is 3.20. The first-order valence-electron chi connectivity index (χ1n) is 4.63. The number of benzene rings is 2. The van der Waals surface area contributed by atoms with E-state index in [1.54, 1.807) is 0 Å². The van der Waals surface area contributed by atoms with Crippen molar-refractivity contribution in [2.45, 2.75) is 6.92 Å². The van der Waals surface area contributed by atoms with E-state index < -0.39 is 0 Å². The Bertz CT molecular complexity index is 520. The molecule has 3 heteroatoms. The number of carbonyl (C=O) groups excluding carboxylic acids is 1. The first-order chi connectivity index (χ1) is 7.22. The van der Waals surface area contributed by atoms with Crippen molar-refractivity contribution in [1.29, 1.82) is 0 Å². The molecule has 2 aromatic rings. The van der Waals surface area contributed by atoms with Gasteiger partial charge in [0.25, 0.3) is 0 Å². The van der Waals surface area contributed by atoms with E-state index in [9.17, 15) is 4.79 Å². The summed E-state index contributed by atoms with van der Waals surface area (Å²) in [5, 5.41) is 2.05. The zero-order valence-electron chi connectivity index (χ0n) is 8.36. The van der Waals surface area contributed by atoms with Gasteiger partial charge in [-0.3, -0.25) is 0 Å². The van der Waals surface area contributed by atoms with E-state index >= 15 is 0 Å². The fraction of sp³-hybridized carbons (Fsp3) is 0.0833. The van der Waals surface area contributed by atoms with Crippen LogP contribution in [0.4, 0.5) is 0 Å². The topological polar surface area (TPSA) is 26.3 Å². The van der Waals surface area contributed by atoms with Gasteiger partial charge in [-0.15, -0.1) is 0 Å². The maximum atomic E-state index is 11.6. The van der Waals surface area contributed by atoms with E-state index in [-0.39, 0.29) is 32.2 Å². The predicted octanol–water partition coefficient (Wildman–Crippen LogP) is 2.39. The molecule has 0 spiro atoms. The summed E-state index contributed by atoms with van der Waals surface area (Å²) in [6, 6.07) is 11.8. The van der Waals surface area contributed by atoms with Gasteiger partial charge in [-0.05, 0) is 0 Å². The van der Waals surface area contributed by atoms with E-state index in [4.69, 9.17) is 2.69 Å². The molecule has 0 aliphatic rings. The normalized spacial score (nSPS) is 10.1. The zero-order valence-corrected chi connectivity index (χ0v) is 12.8. The summed E-state index contributed by atoms with van der Waals surface area (Å²) < 4.78 is 4.91. The molecule has 2 rings (SSSR count). The van der Waals surface area contributed by atoms with Crippen LogP contribution in [0.15, 0.2) is 36.4 Å². The molecule has 0 aliphatic carbocycles. The minimum absolute atomic E-state index is 0.212. The molecule has 0 unspecified atom stereocenters. The molecular formula is C12H9O2Tl. The van der Waals surface area contributed by atoms with Crippen LogP contribution in [0, 0.1) is 6.92 Å². The number of aryl methyl sites for hydroxylation is 1. The van der Waals surface area contributed by atoms with Crippen LogP contribution in [0.25, 0.3) is 10.8 Å². The van der Waals surface area contributed by atoms with E-state index in [2.05, 4.69) is 0 Å². The van der Waals surface area contributed by atoms with Gasteiger partial charge in [0, 0.05) is 0 Å². The summed E-state index contributed by atoms with van der Waals surface area (Å²) in [4.78, 5) is 11.6. The molecular weight excluding hydrogens is 381 g/mol. The molecule has 72 valence electrons. The fourth-order valence-electron chi connectivity index (χ4n) is 1.63. The summed E-state index contributed by atoms with van der Waals surface area (Å²) in [6.07, 6.45) is 0. The molecule has 0 saturated heterocycles. The Morgan fingerprint density at radius 3 is 2.80 bits per heavy atom. The number of rotatable bonds is 1. The second-order valence-corrected chi connectivity index (χ2v) is 4.35. The van der Waals surface area contributed by atoms with Crippen LogP contribution >= 0.6 is 0 Å². The van der Waals surface area contributed by atoms with E-state index in [0.717, 1.165) is 16.3 Å². The summed E-state index contributed by atoms with van der Waals surface area (Å²) in [5.41, 5.74) is 1.82. The quantitative estimate of drug-likeness (QED) is 0.700. The summed E-state index contributed by atoms with van der Waals surface area (Å²) in [5.74, 6) is -0.212. The average Bonchev–Trinajstić information content (AvgIpc) is 2.27. The maximum absolute atomic E-state index is 11.6. The molecule has 0 atom stereocenters. The van der Waals surface area contributed by atoms with Crippen LogP contribution in [0.1, 0.15) is 15.9 Å². The Morgan fingerprint density at radius 1 is 1.27 bits per heavy atom. The molecule has 2 nitrogen and oxygen atoms in total. The molecule has 0 saturated carbocycles. The van der Waals surface area contributed by atoms with Crippen LogP contribution in [0.2, 0.25) is 0 Å². The number of carbonyl (C=O) groups is 1. The van der Waals surface area contributed by atoms with Gasteiger partial charge < -0.3 is 0 Å². The Kier molecular flexibility index (Phi) is 3.04. The summed E-state index contributed by atoms with van der Waals surface area (Å²) in [7, 11) is 0. The predicted molar refractivity (Wildman–Crippen MR) is 59.9 cm³/mol. The molecule has 15 heavy (non-hydrogen) atoms. The Balaban J connectivity index is 2.74. The number of hydrogen-bond donors (Lipinski definition) is 0.